The molecule has 0 unspecified atom stereocenters. The number of benzene rings is 1. The molecule has 0 atom stereocenters. The number of halogens is 1. The van der Waals surface area contributed by atoms with Crippen molar-refractivity contribution in [2.24, 2.45) is 0 Å². The largest absolute Gasteiger partial charge is 0.496 e. The molecule has 0 saturated carbocycles. The molecule has 0 saturated heterocycles. The SMILES string of the molecule is COc1ccc(C(=O)NCC(C)(C)S(C)(=O)=O)cc1Br. The third-order valence-electron chi connectivity index (χ3n) is 3.09. The molecule has 1 rings (SSSR count). The van der Waals surface area contributed by atoms with Gasteiger partial charge >= 0.3 is 0 Å². The summed E-state index contributed by atoms with van der Waals surface area (Å²) < 4.78 is 27.9. The maximum absolute atomic E-state index is 12.0. The summed E-state index contributed by atoms with van der Waals surface area (Å²) in [5.74, 6) is 0.295. The van der Waals surface area contributed by atoms with Gasteiger partial charge in [0, 0.05) is 18.4 Å². The van der Waals surface area contributed by atoms with Gasteiger partial charge in [0.25, 0.3) is 5.91 Å². The average molecular weight is 364 g/mol. The first-order valence-corrected chi connectivity index (χ1v) is 8.58. The number of ether oxygens (including phenoxy) is 1. The second-order valence-electron chi connectivity index (χ2n) is 5.06. The minimum atomic E-state index is -3.24. The number of rotatable bonds is 5. The monoisotopic (exact) mass is 363 g/mol. The van der Waals surface area contributed by atoms with Gasteiger partial charge in [0.05, 0.1) is 16.3 Å². The van der Waals surface area contributed by atoms with Crippen LogP contribution < -0.4 is 10.1 Å². The maximum atomic E-state index is 12.0. The number of carbonyl (C=O) groups excluding carboxylic acids is 1. The molecule has 1 aromatic rings. The Kier molecular flexibility index (Phi) is 5.21. The van der Waals surface area contributed by atoms with Crippen LogP contribution in [0.2, 0.25) is 0 Å². The number of sulfone groups is 1. The van der Waals surface area contributed by atoms with Crippen molar-refractivity contribution in [3.8, 4) is 5.75 Å². The van der Waals surface area contributed by atoms with Gasteiger partial charge in [0.1, 0.15) is 5.75 Å². The zero-order valence-electron chi connectivity index (χ0n) is 11.9. The van der Waals surface area contributed by atoms with Crippen LogP contribution in [0.1, 0.15) is 24.2 Å². The number of nitrogens with one attached hydrogen (secondary N) is 1. The molecule has 0 fully saturated rings. The van der Waals surface area contributed by atoms with Gasteiger partial charge in [-0.25, -0.2) is 8.42 Å². The molecule has 1 aromatic carbocycles. The van der Waals surface area contributed by atoms with Crippen LogP contribution in [0, 0.1) is 0 Å². The van der Waals surface area contributed by atoms with Gasteiger partial charge in [-0.1, -0.05) is 0 Å². The number of carbonyl (C=O) groups is 1. The summed E-state index contributed by atoms with van der Waals surface area (Å²) in [5, 5.41) is 2.63. The van der Waals surface area contributed by atoms with E-state index in [2.05, 4.69) is 21.2 Å². The van der Waals surface area contributed by atoms with Crippen LogP contribution in [0.25, 0.3) is 0 Å². The maximum Gasteiger partial charge on any atom is 0.251 e. The topological polar surface area (TPSA) is 72.5 Å². The fourth-order valence-corrected chi connectivity index (χ4v) is 2.21. The Balaban J connectivity index is 2.81. The lowest BCUT2D eigenvalue weighted by Gasteiger charge is -2.22. The Morgan fingerprint density at radius 1 is 1.40 bits per heavy atom. The fourth-order valence-electron chi connectivity index (χ4n) is 1.33. The molecular formula is C13H18BrNO4S. The average Bonchev–Trinajstić information content (AvgIpc) is 2.34. The minimum Gasteiger partial charge on any atom is -0.496 e. The Morgan fingerprint density at radius 3 is 2.45 bits per heavy atom. The van der Waals surface area contributed by atoms with E-state index >= 15 is 0 Å². The molecule has 0 heterocycles. The van der Waals surface area contributed by atoms with Gasteiger partial charge in [0.2, 0.25) is 0 Å². The smallest absolute Gasteiger partial charge is 0.251 e. The van der Waals surface area contributed by atoms with Crippen LogP contribution in [-0.4, -0.2) is 39.0 Å². The fraction of sp³-hybridized carbons (Fsp3) is 0.462. The molecule has 0 spiro atoms. The van der Waals surface area contributed by atoms with Crippen molar-refractivity contribution in [2.45, 2.75) is 18.6 Å². The highest BCUT2D eigenvalue weighted by Gasteiger charge is 2.30. The van der Waals surface area contributed by atoms with Crippen LogP contribution in [0.4, 0.5) is 0 Å². The number of amides is 1. The standard InChI is InChI=1S/C13H18BrNO4S/c1-13(2,20(4,17)18)8-15-12(16)9-5-6-11(19-3)10(14)7-9/h5-7H,8H2,1-4H3,(H,15,16). The van der Waals surface area contributed by atoms with Crippen LogP contribution in [0.3, 0.4) is 0 Å². The lowest BCUT2D eigenvalue weighted by molar-refractivity contribution is 0.0950. The van der Waals surface area contributed by atoms with Crippen molar-refractivity contribution in [3.05, 3.63) is 28.2 Å². The molecule has 0 aliphatic heterocycles. The molecule has 5 nitrogen and oxygen atoms in total. The van der Waals surface area contributed by atoms with E-state index in [4.69, 9.17) is 4.74 Å². The molecule has 1 amide bonds. The van der Waals surface area contributed by atoms with Gasteiger partial charge in [-0.2, -0.15) is 0 Å². The molecule has 20 heavy (non-hydrogen) atoms. The van der Waals surface area contributed by atoms with Crippen molar-refractivity contribution >= 4 is 31.7 Å². The van der Waals surface area contributed by atoms with Crippen LogP contribution >= 0.6 is 15.9 Å². The molecule has 1 N–H and O–H groups in total. The molecule has 0 aliphatic rings. The summed E-state index contributed by atoms with van der Waals surface area (Å²) in [6, 6.07) is 4.91. The highest BCUT2D eigenvalue weighted by molar-refractivity contribution is 9.10. The highest BCUT2D eigenvalue weighted by Crippen LogP contribution is 2.25. The van der Waals surface area contributed by atoms with Gasteiger partial charge < -0.3 is 10.1 Å². The van der Waals surface area contributed by atoms with Crippen LogP contribution in [0.5, 0.6) is 5.75 Å². The Labute approximate surface area is 127 Å². The molecule has 7 heteroatoms. The van der Waals surface area contributed by atoms with Gasteiger partial charge in [-0.15, -0.1) is 0 Å². The summed E-state index contributed by atoms with van der Waals surface area (Å²) in [7, 11) is -1.71. The molecule has 0 radical (unpaired) electrons. The molecule has 0 aliphatic carbocycles. The number of hydrogen-bond donors (Lipinski definition) is 1. The normalized spacial score (nSPS) is 12.1. The Morgan fingerprint density at radius 2 is 2.00 bits per heavy atom. The first kappa shape index (κ1) is 17.0. The lowest BCUT2D eigenvalue weighted by atomic mass is 10.1. The summed E-state index contributed by atoms with van der Waals surface area (Å²) in [5.41, 5.74) is 0.432. The van der Waals surface area contributed by atoms with E-state index in [0.717, 1.165) is 6.26 Å². The van der Waals surface area contributed by atoms with E-state index in [1.807, 2.05) is 0 Å². The zero-order valence-corrected chi connectivity index (χ0v) is 14.3. The van der Waals surface area contributed by atoms with Crippen molar-refractivity contribution in [1.29, 1.82) is 0 Å². The van der Waals surface area contributed by atoms with E-state index in [1.165, 1.54) is 7.11 Å². The predicted molar refractivity (Wildman–Crippen MR) is 82.0 cm³/mol. The zero-order chi connectivity index (χ0) is 15.6. The van der Waals surface area contributed by atoms with Crippen molar-refractivity contribution in [2.75, 3.05) is 19.9 Å². The molecule has 0 bridgehead atoms. The van der Waals surface area contributed by atoms with E-state index in [9.17, 15) is 13.2 Å². The first-order valence-electron chi connectivity index (χ1n) is 5.90. The summed E-state index contributed by atoms with van der Waals surface area (Å²) in [6.07, 6.45) is 1.16. The van der Waals surface area contributed by atoms with Crippen LogP contribution in [-0.2, 0) is 9.84 Å². The number of methoxy groups -OCH3 is 1. The highest BCUT2D eigenvalue weighted by atomic mass is 79.9. The van der Waals surface area contributed by atoms with Gasteiger partial charge in [-0.05, 0) is 48.0 Å². The third kappa shape index (κ3) is 3.96. The third-order valence-corrected chi connectivity index (χ3v) is 5.86. The van der Waals surface area contributed by atoms with Crippen LogP contribution in [0.15, 0.2) is 22.7 Å². The predicted octanol–water partition coefficient (Wildman–Crippen LogP) is 2.01. The summed E-state index contributed by atoms with van der Waals surface area (Å²) >= 11 is 3.30. The van der Waals surface area contributed by atoms with Crippen molar-refractivity contribution in [3.63, 3.8) is 0 Å². The Hall–Kier alpha value is -1.08. The van der Waals surface area contributed by atoms with E-state index < -0.39 is 14.6 Å². The van der Waals surface area contributed by atoms with Gasteiger partial charge in [0.15, 0.2) is 9.84 Å². The molecular weight excluding hydrogens is 346 g/mol. The van der Waals surface area contributed by atoms with Crippen molar-refractivity contribution in [1.82, 2.24) is 5.32 Å². The molecule has 0 aromatic heterocycles. The van der Waals surface area contributed by atoms with Crippen molar-refractivity contribution < 1.29 is 17.9 Å². The second kappa shape index (κ2) is 6.13. The minimum absolute atomic E-state index is 0.0499. The lowest BCUT2D eigenvalue weighted by Crippen LogP contribution is -2.43. The summed E-state index contributed by atoms with van der Waals surface area (Å²) in [6.45, 7) is 3.20. The second-order valence-corrected chi connectivity index (χ2v) is 8.57. The number of hydrogen-bond acceptors (Lipinski definition) is 4. The Bertz CT molecular complexity index is 611. The van der Waals surface area contributed by atoms with E-state index in [-0.39, 0.29) is 12.5 Å². The quantitative estimate of drug-likeness (QED) is 0.868. The molecule has 112 valence electrons. The van der Waals surface area contributed by atoms with Gasteiger partial charge in [-0.3, -0.25) is 4.79 Å². The first-order chi connectivity index (χ1) is 9.08. The summed E-state index contributed by atoms with van der Waals surface area (Å²) in [4.78, 5) is 12.0. The van der Waals surface area contributed by atoms with E-state index in [1.54, 1.807) is 32.0 Å². The van der Waals surface area contributed by atoms with E-state index in [0.29, 0.717) is 15.8 Å².